The topological polar surface area (TPSA) is 85.9 Å². The SMILES string of the molecule is CCOc1ccc(NC(=O)c2ccc(NC(=O)/C=C/c3ccc(OC(F)F)c(OC)c3)cc2)cc1. The van der Waals surface area contributed by atoms with Gasteiger partial charge < -0.3 is 24.8 Å². The number of carbonyl (C=O) groups is 2. The molecule has 0 spiro atoms. The van der Waals surface area contributed by atoms with Crippen LogP contribution in [-0.4, -0.2) is 32.1 Å². The molecule has 2 amide bonds. The molecule has 0 aliphatic heterocycles. The second-order valence-electron chi connectivity index (χ2n) is 7.10. The molecule has 0 bridgehead atoms. The molecule has 7 nitrogen and oxygen atoms in total. The lowest BCUT2D eigenvalue weighted by molar-refractivity contribution is -0.111. The number of carbonyl (C=O) groups excluding carboxylic acids is 2. The van der Waals surface area contributed by atoms with Gasteiger partial charge in [-0.05, 0) is 79.2 Å². The van der Waals surface area contributed by atoms with Crippen molar-refractivity contribution < 1.29 is 32.6 Å². The molecule has 182 valence electrons. The van der Waals surface area contributed by atoms with Gasteiger partial charge >= 0.3 is 6.61 Å². The Morgan fingerprint density at radius 2 is 1.57 bits per heavy atom. The molecule has 35 heavy (non-hydrogen) atoms. The highest BCUT2D eigenvalue weighted by Gasteiger charge is 2.11. The first kappa shape index (κ1) is 25.2. The van der Waals surface area contributed by atoms with Crippen molar-refractivity contribution >= 4 is 29.3 Å². The van der Waals surface area contributed by atoms with Crippen LogP contribution in [0.3, 0.4) is 0 Å². The van der Waals surface area contributed by atoms with E-state index in [0.29, 0.717) is 29.1 Å². The van der Waals surface area contributed by atoms with Crippen LogP contribution < -0.4 is 24.8 Å². The van der Waals surface area contributed by atoms with Gasteiger partial charge in [-0.3, -0.25) is 9.59 Å². The van der Waals surface area contributed by atoms with Gasteiger partial charge in [-0.1, -0.05) is 6.07 Å². The lowest BCUT2D eigenvalue weighted by atomic mass is 10.1. The third-order valence-electron chi connectivity index (χ3n) is 4.67. The average molecular weight is 482 g/mol. The Morgan fingerprint density at radius 1 is 0.914 bits per heavy atom. The van der Waals surface area contributed by atoms with Gasteiger partial charge in [-0.2, -0.15) is 8.78 Å². The Bertz CT molecular complexity index is 1180. The van der Waals surface area contributed by atoms with Crippen molar-refractivity contribution in [3.05, 3.63) is 83.9 Å². The number of amides is 2. The lowest BCUT2D eigenvalue weighted by Crippen LogP contribution is -2.12. The van der Waals surface area contributed by atoms with Gasteiger partial charge in [0.25, 0.3) is 5.91 Å². The minimum atomic E-state index is -2.97. The minimum absolute atomic E-state index is 0.101. The molecule has 0 atom stereocenters. The van der Waals surface area contributed by atoms with Crippen LogP contribution in [0.1, 0.15) is 22.8 Å². The van der Waals surface area contributed by atoms with E-state index in [9.17, 15) is 18.4 Å². The van der Waals surface area contributed by atoms with Crippen LogP contribution in [-0.2, 0) is 4.79 Å². The highest BCUT2D eigenvalue weighted by molar-refractivity contribution is 6.05. The number of methoxy groups -OCH3 is 1. The Morgan fingerprint density at radius 3 is 2.20 bits per heavy atom. The Kier molecular flexibility index (Phi) is 8.77. The van der Waals surface area contributed by atoms with Gasteiger partial charge in [0, 0.05) is 23.0 Å². The van der Waals surface area contributed by atoms with Crippen LogP contribution in [0, 0.1) is 0 Å². The first-order valence-electron chi connectivity index (χ1n) is 10.6. The fourth-order valence-corrected chi connectivity index (χ4v) is 3.05. The molecule has 0 unspecified atom stereocenters. The van der Waals surface area contributed by atoms with Gasteiger partial charge in [-0.25, -0.2) is 0 Å². The molecule has 3 aromatic rings. The third-order valence-corrected chi connectivity index (χ3v) is 4.67. The van der Waals surface area contributed by atoms with E-state index < -0.39 is 12.5 Å². The van der Waals surface area contributed by atoms with Gasteiger partial charge in [0.1, 0.15) is 5.75 Å². The number of benzene rings is 3. The van der Waals surface area contributed by atoms with Crippen LogP contribution in [0.4, 0.5) is 20.2 Å². The second kappa shape index (κ2) is 12.2. The summed E-state index contributed by atoms with van der Waals surface area (Å²) in [5.41, 5.74) is 2.10. The van der Waals surface area contributed by atoms with E-state index in [1.165, 1.54) is 37.5 Å². The van der Waals surface area contributed by atoms with Crippen molar-refractivity contribution in [2.24, 2.45) is 0 Å². The highest BCUT2D eigenvalue weighted by Crippen LogP contribution is 2.29. The zero-order valence-electron chi connectivity index (χ0n) is 19.1. The predicted octanol–water partition coefficient (Wildman–Crippen LogP) is 5.60. The Hall–Kier alpha value is -4.40. The summed E-state index contributed by atoms with van der Waals surface area (Å²) in [5, 5.41) is 5.48. The van der Waals surface area contributed by atoms with Crippen LogP contribution in [0.15, 0.2) is 72.8 Å². The van der Waals surface area contributed by atoms with Crippen LogP contribution in [0.25, 0.3) is 6.08 Å². The summed E-state index contributed by atoms with van der Waals surface area (Å²) in [5.74, 6) is 0.0304. The molecule has 0 aromatic heterocycles. The van der Waals surface area contributed by atoms with Gasteiger partial charge in [-0.15, -0.1) is 0 Å². The van der Waals surface area contributed by atoms with Crippen molar-refractivity contribution in [2.45, 2.75) is 13.5 Å². The molecule has 2 N–H and O–H groups in total. The van der Waals surface area contributed by atoms with Crippen molar-refractivity contribution in [2.75, 3.05) is 24.4 Å². The number of nitrogens with one attached hydrogen (secondary N) is 2. The summed E-state index contributed by atoms with van der Waals surface area (Å²) in [7, 11) is 1.33. The van der Waals surface area contributed by atoms with Crippen LogP contribution in [0.2, 0.25) is 0 Å². The standard InChI is InChI=1S/C26H24F2N2O5/c1-3-34-21-12-10-20(11-13-21)30-25(32)18-6-8-19(9-7-18)29-24(31)15-5-17-4-14-22(35-26(27)28)23(16-17)33-2/h4-16,26H,3H2,1-2H3,(H,29,31)(H,30,32)/b15-5+. The monoisotopic (exact) mass is 482 g/mol. The predicted molar refractivity (Wildman–Crippen MR) is 129 cm³/mol. The minimum Gasteiger partial charge on any atom is -0.494 e. The van der Waals surface area contributed by atoms with Gasteiger partial charge in [0.05, 0.1) is 13.7 Å². The lowest BCUT2D eigenvalue weighted by Gasteiger charge is -2.10. The number of anilines is 2. The van der Waals surface area contributed by atoms with E-state index in [2.05, 4.69) is 15.4 Å². The molecule has 0 radical (unpaired) electrons. The molecule has 0 saturated carbocycles. The third kappa shape index (κ3) is 7.56. The van der Waals surface area contributed by atoms with E-state index in [4.69, 9.17) is 9.47 Å². The average Bonchev–Trinajstić information content (AvgIpc) is 2.85. The second-order valence-corrected chi connectivity index (χ2v) is 7.10. The maximum absolute atomic E-state index is 12.5. The summed E-state index contributed by atoms with van der Waals surface area (Å²) in [4.78, 5) is 24.7. The Labute approximate surface area is 201 Å². The van der Waals surface area contributed by atoms with Gasteiger partial charge in [0.15, 0.2) is 11.5 Å². The summed E-state index contributed by atoms with van der Waals surface area (Å²) in [6, 6.07) is 17.8. The normalized spacial score (nSPS) is 10.8. The highest BCUT2D eigenvalue weighted by atomic mass is 19.3. The van der Waals surface area contributed by atoms with Crippen molar-refractivity contribution in [3.8, 4) is 17.2 Å². The van der Waals surface area contributed by atoms with E-state index in [0.717, 1.165) is 5.75 Å². The molecule has 3 rings (SSSR count). The van der Waals surface area contributed by atoms with Crippen molar-refractivity contribution in [1.29, 1.82) is 0 Å². The van der Waals surface area contributed by atoms with E-state index >= 15 is 0 Å². The largest absolute Gasteiger partial charge is 0.494 e. The van der Waals surface area contributed by atoms with Gasteiger partial charge in [0.2, 0.25) is 5.91 Å². The number of halogens is 2. The number of rotatable bonds is 10. The molecular weight excluding hydrogens is 458 g/mol. The molecular formula is C26H24F2N2O5. The maximum Gasteiger partial charge on any atom is 0.387 e. The molecule has 0 heterocycles. The molecule has 3 aromatic carbocycles. The first-order valence-corrected chi connectivity index (χ1v) is 10.6. The number of hydrogen-bond acceptors (Lipinski definition) is 5. The zero-order valence-corrected chi connectivity index (χ0v) is 19.1. The van der Waals surface area contributed by atoms with Crippen LogP contribution in [0.5, 0.6) is 17.2 Å². The first-order chi connectivity index (χ1) is 16.9. The molecule has 0 aliphatic rings. The van der Waals surface area contributed by atoms with E-state index in [1.807, 2.05) is 6.92 Å². The molecule has 0 saturated heterocycles. The summed E-state index contributed by atoms with van der Waals surface area (Å²) in [6.07, 6.45) is 2.79. The molecule has 9 heteroatoms. The fraction of sp³-hybridized carbons (Fsp3) is 0.154. The Balaban J connectivity index is 1.56. The smallest absolute Gasteiger partial charge is 0.387 e. The number of alkyl halides is 2. The van der Waals surface area contributed by atoms with E-state index in [-0.39, 0.29) is 17.4 Å². The summed E-state index contributed by atoms with van der Waals surface area (Å²) >= 11 is 0. The number of ether oxygens (including phenoxy) is 3. The van der Waals surface area contributed by atoms with Crippen molar-refractivity contribution in [1.82, 2.24) is 0 Å². The quantitative estimate of drug-likeness (QED) is 0.368. The summed E-state index contributed by atoms with van der Waals surface area (Å²) < 4.78 is 39.7. The number of hydrogen-bond donors (Lipinski definition) is 2. The van der Waals surface area contributed by atoms with Crippen LogP contribution >= 0.6 is 0 Å². The maximum atomic E-state index is 12.5. The zero-order chi connectivity index (χ0) is 25.2. The fourth-order valence-electron chi connectivity index (χ4n) is 3.05. The molecule has 0 fully saturated rings. The molecule has 0 aliphatic carbocycles. The van der Waals surface area contributed by atoms with Crippen molar-refractivity contribution in [3.63, 3.8) is 0 Å². The van der Waals surface area contributed by atoms with E-state index in [1.54, 1.807) is 48.5 Å². The summed E-state index contributed by atoms with van der Waals surface area (Å²) in [6.45, 7) is -0.517.